The van der Waals surface area contributed by atoms with Gasteiger partial charge in [-0.25, -0.2) is 4.98 Å². The van der Waals surface area contributed by atoms with Crippen LogP contribution in [0.3, 0.4) is 0 Å². The molecule has 19 heavy (non-hydrogen) atoms. The lowest BCUT2D eigenvalue weighted by Crippen LogP contribution is -2.35. The van der Waals surface area contributed by atoms with Gasteiger partial charge in [-0.15, -0.1) is 0 Å². The highest BCUT2D eigenvalue weighted by Gasteiger charge is 2.29. The predicted octanol–water partition coefficient (Wildman–Crippen LogP) is 0.463. The Morgan fingerprint density at radius 1 is 1.58 bits per heavy atom. The summed E-state index contributed by atoms with van der Waals surface area (Å²) in [6.07, 6.45) is 2.51. The van der Waals surface area contributed by atoms with Crippen molar-refractivity contribution < 1.29 is 9.53 Å². The van der Waals surface area contributed by atoms with Gasteiger partial charge in [-0.1, -0.05) is 0 Å². The topological polar surface area (TPSA) is 66.5 Å². The van der Waals surface area contributed by atoms with Crippen molar-refractivity contribution in [2.45, 2.75) is 18.6 Å². The van der Waals surface area contributed by atoms with Gasteiger partial charge in [-0.2, -0.15) is 0 Å². The van der Waals surface area contributed by atoms with E-state index in [1.807, 2.05) is 31.1 Å². The van der Waals surface area contributed by atoms with Crippen LogP contribution < -0.4 is 15.5 Å². The monoisotopic (exact) mass is 264 g/mol. The molecule has 1 fully saturated rings. The second kappa shape index (κ2) is 5.99. The molecular weight excluding hydrogens is 244 g/mol. The van der Waals surface area contributed by atoms with Crippen LogP contribution in [0.2, 0.25) is 0 Å². The fraction of sp³-hybridized carbons (Fsp3) is 0.538. The van der Waals surface area contributed by atoms with E-state index in [4.69, 9.17) is 4.74 Å². The maximum Gasteiger partial charge on any atom is 0.241 e. The maximum absolute atomic E-state index is 12.2. The number of carbonyl (C=O) groups is 1. The standard InChI is InChI=1S/C13H20N4O2/c1-17(2)12-10(5-4-6-14-12)16-13(18)11-7-9(19-3)8-15-11/h4-6,9,11,15H,7-8H2,1-3H3,(H,16,18). The molecule has 2 N–H and O–H groups in total. The Balaban J connectivity index is 2.03. The minimum absolute atomic E-state index is 0.0457. The molecule has 6 heteroatoms. The number of anilines is 2. The van der Waals surface area contributed by atoms with Gasteiger partial charge in [0.25, 0.3) is 0 Å². The first-order valence-electron chi connectivity index (χ1n) is 6.31. The Hall–Kier alpha value is -1.66. The van der Waals surface area contributed by atoms with Crippen LogP contribution in [0.25, 0.3) is 0 Å². The molecule has 1 saturated heterocycles. The molecule has 1 aliphatic rings. The van der Waals surface area contributed by atoms with Crippen LogP contribution in [-0.4, -0.2) is 50.8 Å². The van der Waals surface area contributed by atoms with Crippen LogP contribution in [0.1, 0.15) is 6.42 Å². The zero-order chi connectivity index (χ0) is 13.8. The molecule has 0 spiro atoms. The summed E-state index contributed by atoms with van der Waals surface area (Å²) in [4.78, 5) is 18.3. The fourth-order valence-corrected chi connectivity index (χ4v) is 2.15. The number of rotatable bonds is 4. The molecule has 2 atom stereocenters. The number of pyridine rings is 1. The van der Waals surface area contributed by atoms with Crippen LogP contribution in [0.4, 0.5) is 11.5 Å². The first kappa shape index (κ1) is 13.8. The lowest BCUT2D eigenvalue weighted by atomic mass is 10.2. The Labute approximate surface area is 113 Å². The quantitative estimate of drug-likeness (QED) is 0.827. The van der Waals surface area contributed by atoms with E-state index in [0.29, 0.717) is 13.0 Å². The molecule has 0 aliphatic carbocycles. The number of methoxy groups -OCH3 is 1. The average Bonchev–Trinajstić information content (AvgIpc) is 2.88. The summed E-state index contributed by atoms with van der Waals surface area (Å²) in [6.45, 7) is 0.710. The second-order valence-electron chi connectivity index (χ2n) is 4.81. The van der Waals surface area contributed by atoms with Gasteiger partial charge in [0.2, 0.25) is 5.91 Å². The van der Waals surface area contributed by atoms with E-state index in [0.717, 1.165) is 11.5 Å². The molecule has 2 rings (SSSR count). The smallest absolute Gasteiger partial charge is 0.241 e. The van der Waals surface area contributed by atoms with Crippen molar-refractivity contribution in [3.05, 3.63) is 18.3 Å². The van der Waals surface area contributed by atoms with E-state index in [2.05, 4.69) is 15.6 Å². The van der Waals surface area contributed by atoms with E-state index in [-0.39, 0.29) is 18.1 Å². The summed E-state index contributed by atoms with van der Waals surface area (Å²) in [6, 6.07) is 3.45. The van der Waals surface area contributed by atoms with Gasteiger partial charge in [-0.05, 0) is 18.6 Å². The van der Waals surface area contributed by atoms with E-state index in [9.17, 15) is 4.79 Å². The van der Waals surface area contributed by atoms with Gasteiger partial charge in [0, 0.05) is 33.9 Å². The molecule has 1 aromatic rings. The number of nitrogens with zero attached hydrogens (tertiary/aromatic N) is 2. The highest BCUT2D eigenvalue weighted by Crippen LogP contribution is 2.21. The second-order valence-corrected chi connectivity index (χ2v) is 4.81. The minimum atomic E-state index is -0.208. The van der Waals surface area contributed by atoms with Crippen molar-refractivity contribution in [1.82, 2.24) is 10.3 Å². The zero-order valence-corrected chi connectivity index (χ0v) is 11.5. The molecule has 104 valence electrons. The molecule has 6 nitrogen and oxygen atoms in total. The third-order valence-corrected chi connectivity index (χ3v) is 3.21. The minimum Gasteiger partial charge on any atom is -0.380 e. The number of amides is 1. The van der Waals surface area contributed by atoms with Gasteiger partial charge in [-0.3, -0.25) is 4.79 Å². The third-order valence-electron chi connectivity index (χ3n) is 3.21. The highest BCUT2D eigenvalue weighted by molar-refractivity contribution is 5.97. The summed E-state index contributed by atoms with van der Waals surface area (Å²) in [7, 11) is 5.46. The van der Waals surface area contributed by atoms with Crippen molar-refractivity contribution in [2.24, 2.45) is 0 Å². The zero-order valence-electron chi connectivity index (χ0n) is 11.5. The Kier molecular flexibility index (Phi) is 4.34. The Morgan fingerprint density at radius 3 is 3.00 bits per heavy atom. The number of aromatic nitrogens is 1. The summed E-state index contributed by atoms with van der Waals surface area (Å²) in [5.41, 5.74) is 0.722. The largest absolute Gasteiger partial charge is 0.380 e. The van der Waals surface area contributed by atoms with Crippen LogP contribution in [-0.2, 0) is 9.53 Å². The maximum atomic E-state index is 12.2. The molecule has 0 saturated carbocycles. The number of nitrogens with one attached hydrogen (secondary N) is 2. The number of carbonyl (C=O) groups excluding carboxylic acids is 1. The fourth-order valence-electron chi connectivity index (χ4n) is 2.15. The predicted molar refractivity (Wildman–Crippen MR) is 74.4 cm³/mol. The van der Waals surface area contributed by atoms with Crippen molar-refractivity contribution in [2.75, 3.05) is 38.0 Å². The van der Waals surface area contributed by atoms with Crippen molar-refractivity contribution in [1.29, 1.82) is 0 Å². The normalized spacial score (nSPS) is 22.3. The molecule has 2 unspecified atom stereocenters. The molecule has 1 aliphatic heterocycles. The third kappa shape index (κ3) is 3.21. The number of hydrogen-bond donors (Lipinski definition) is 2. The summed E-state index contributed by atoms with van der Waals surface area (Å²) >= 11 is 0. The average molecular weight is 264 g/mol. The molecule has 1 aromatic heterocycles. The SMILES string of the molecule is COC1CNC(C(=O)Nc2cccnc2N(C)C)C1. The highest BCUT2D eigenvalue weighted by atomic mass is 16.5. The summed E-state index contributed by atoms with van der Waals surface area (Å²) < 4.78 is 5.24. The summed E-state index contributed by atoms with van der Waals surface area (Å²) in [5.74, 6) is 0.702. The van der Waals surface area contributed by atoms with Crippen molar-refractivity contribution >= 4 is 17.4 Å². The first-order valence-corrected chi connectivity index (χ1v) is 6.31. The van der Waals surface area contributed by atoms with Gasteiger partial charge in [0.1, 0.15) is 0 Å². The van der Waals surface area contributed by atoms with E-state index >= 15 is 0 Å². The molecule has 0 aromatic carbocycles. The molecule has 1 amide bonds. The first-order chi connectivity index (χ1) is 9.11. The Morgan fingerprint density at radius 2 is 2.37 bits per heavy atom. The number of hydrogen-bond acceptors (Lipinski definition) is 5. The van der Waals surface area contributed by atoms with Crippen LogP contribution in [0.15, 0.2) is 18.3 Å². The Bertz CT molecular complexity index is 450. The molecule has 2 heterocycles. The van der Waals surface area contributed by atoms with Crippen molar-refractivity contribution in [3.8, 4) is 0 Å². The molecule has 0 radical (unpaired) electrons. The molecular formula is C13H20N4O2. The van der Waals surface area contributed by atoms with E-state index < -0.39 is 0 Å². The van der Waals surface area contributed by atoms with Gasteiger partial charge >= 0.3 is 0 Å². The van der Waals surface area contributed by atoms with Gasteiger partial charge in [0.15, 0.2) is 5.82 Å². The lowest BCUT2D eigenvalue weighted by molar-refractivity contribution is -0.118. The molecule has 0 bridgehead atoms. The van der Waals surface area contributed by atoms with Gasteiger partial charge in [0.05, 0.1) is 17.8 Å². The van der Waals surface area contributed by atoms with Crippen LogP contribution in [0.5, 0.6) is 0 Å². The van der Waals surface area contributed by atoms with E-state index in [1.165, 1.54) is 0 Å². The van der Waals surface area contributed by atoms with Crippen LogP contribution >= 0.6 is 0 Å². The lowest BCUT2D eigenvalue weighted by Gasteiger charge is -2.17. The summed E-state index contributed by atoms with van der Waals surface area (Å²) in [5, 5.41) is 6.07. The van der Waals surface area contributed by atoms with Gasteiger partial charge < -0.3 is 20.3 Å². The number of ether oxygens (including phenoxy) is 1. The van der Waals surface area contributed by atoms with E-state index in [1.54, 1.807) is 13.3 Å². The van der Waals surface area contributed by atoms with Crippen molar-refractivity contribution in [3.63, 3.8) is 0 Å². The van der Waals surface area contributed by atoms with Crippen LogP contribution in [0, 0.1) is 0 Å².